The SMILES string of the molecule is C=CC(CCl)C(Cl)C(=O)OCC. The van der Waals surface area contributed by atoms with Crippen molar-refractivity contribution >= 4 is 29.2 Å². The maximum Gasteiger partial charge on any atom is 0.324 e. The maximum absolute atomic E-state index is 11.0. The van der Waals surface area contributed by atoms with Crippen molar-refractivity contribution in [1.29, 1.82) is 0 Å². The van der Waals surface area contributed by atoms with Gasteiger partial charge in [0, 0.05) is 11.8 Å². The lowest BCUT2D eigenvalue weighted by Crippen LogP contribution is -2.26. The van der Waals surface area contributed by atoms with Crippen LogP contribution in [0.15, 0.2) is 12.7 Å². The van der Waals surface area contributed by atoms with Gasteiger partial charge < -0.3 is 4.74 Å². The summed E-state index contributed by atoms with van der Waals surface area (Å²) in [5, 5.41) is -0.722. The fraction of sp³-hybridized carbons (Fsp3) is 0.625. The Labute approximate surface area is 82.5 Å². The molecule has 2 atom stereocenters. The van der Waals surface area contributed by atoms with Crippen molar-refractivity contribution in [2.45, 2.75) is 12.3 Å². The van der Waals surface area contributed by atoms with Gasteiger partial charge in [-0.1, -0.05) is 6.08 Å². The molecule has 0 fully saturated rings. The van der Waals surface area contributed by atoms with Crippen LogP contribution in [0, 0.1) is 5.92 Å². The van der Waals surface area contributed by atoms with E-state index in [1.165, 1.54) is 0 Å². The Morgan fingerprint density at radius 2 is 2.33 bits per heavy atom. The average molecular weight is 211 g/mol. The fourth-order valence-corrected chi connectivity index (χ4v) is 1.31. The van der Waals surface area contributed by atoms with E-state index in [0.29, 0.717) is 6.61 Å². The molecule has 0 N–H and O–H groups in total. The molecular weight excluding hydrogens is 199 g/mol. The molecule has 0 aromatic rings. The highest BCUT2D eigenvalue weighted by molar-refractivity contribution is 6.31. The van der Waals surface area contributed by atoms with E-state index >= 15 is 0 Å². The van der Waals surface area contributed by atoms with E-state index < -0.39 is 11.3 Å². The lowest BCUT2D eigenvalue weighted by Gasteiger charge is -2.13. The number of halogens is 2. The van der Waals surface area contributed by atoms with Crippen molar-refractivity contribution in [1.82, 2.24) is 0 Å². The largest absolute Gasteiger partial charge is 0.465 e. The second-order valence-electron chi connectivity index (χ2n) is 2.21. The van der Waals surface area contributed by atoms with Crippen LogP contribution in [-0.4, -0.2) is 23.8 Å². The molecule has 0 saturated carbocycles. The summed E-state index contributed by atoms with van der Waals surface area (Å²) in [4.78, 5) is 11.0. The number of esters is 1. The minimum Gasteiger partial charge on any atom is -0.465 e. The van der Waals surface area contributed by atoms with Crippen LogP contribution in [0.5, 0.6) is 0 Å². The number of hydrogen-bond acceptors (Lipinski definition) is 2. The predicted molar refractivity (Wildman–Crippen MR) is 50.7 cm³/mol. The summed E-state index contributed by atoms with van der Waals surface area (Å²) in [6, 6.07) is 0. The van der Waals surface area contributed by atoms with E-state index in [-0.39, 0.29) is 11.8 Å². The van der Waals surface area contributed by atoms with Gasteiger partial charge in [0.05, 0.1) is 6.61 Å². The van der Waals surface area contributed by atoms with Crippen molar-refractivity contribution in [3.05, 3.63) is 12.7 Å². The first-order valence-electron chi connectivity index (χ1n) is 3.66. The van der Waals surface area contributed by atoms with Gasteiger partial charge in [-0.3, -0.25) is 4.79 Å². The molecule has 0 aliphatic heterocycles. The zero-order valence-corrected chi connectivity index (χ0v) is 8.44. The number of carbonyl (C=O) groups is 1. The Balaban J connectivity index is 4.05. The first-order valence-corrected chi connectivity index (χ1v) is 4.63. The molecule has 0 rings (SSSR count). The fourth-order valence-electron chi connectivity index (χ4n) is 0.657. The molecule has 0 saturated heterocycles. The average Bonchev–Trinajstić information content (AvgIpc) is 2.07. The third-order valence-electron chi connectivity index (χ3n) is 1.37. The topological polar surface area (TPSA) is 26.3 Å². The second-order valence-corrected chi connectivity index (χ2v) is 2.99. The van der Waals surface area contributed by atoms with E-state index in [1.54, 1.807) is 13.0 Å². The summed E-state index contributed by atoms with van der Waals surface area (Å²) in [5.41, 5.74) is 0. The highest BCUT2D eigenvalue weighted by atomic mass is 35.5. The molecule has 2 nitrogen and oxygen atoms in total. The van der Waals surface area contributed by atoms with Crippen molar-refractivity contribution in [2.75, 3.05) is 12.5 Å². The smallest absolute Gasteiger partial charge is 0.324 e. The van der Waals surface area contributed by atoms with Crippen LogP contribution in [0.1, 0.15) is 6.92 Å². The number of allylic oxidation sites excluding steroid dienone is 1. The van der Waals surface area contributed by atoms with Crippen LogP contribution in [0.2, 0.25) is 0 Å². The summed E-state index contributed by atoms with van der Waals surface area (Å²) >= 11 is 11.3. The molecule has 12 heavy (non-hydrogen) atoms. The van der Waals surface area contributed by atoms with Gasteiger partial charge in [0.15, 0.2) is 0 Å². The van der Waals surface area contributed by atoms with Crippen LogP contribution in [-0.2, 0) is 9.53 Å². The monoisotopic (exact) mass is 210 g/mol. The minimum atomic E-state index is -0.722. The van der Waals surface area contributed by atoms with Gasteiger partial charge >= 0.3 is 5.97 Å². The second kappa shape index (κ2) is 6.32. The Bertz CT molecular complexity index is 159. The molecule has 0 aliphatic carbocycles. The quantitative estimate of drug-likeness (QED) is 0.396. The summed E-state index contributed by atoms with van der Waals surface area (Å²) < 4.78 is 4.71. The van der Waals surface area contributed by atoms with Gasteiger partial charge in [0.25, 0.3) is 0 Å². The van der Waals surface area contributed by atoms with E-state index in [1.807, 2.05) is 0 Å². The predicted octanol–water partition coefficient (Wildman–Crippen LogP) is 2.20. The summed E-state index contributed by atoms with van der Waals surface area (Å²) in [7, 11) is 0. The molecule has 4 heteroatoms. The highest BCUT2D eigenvalue weighted by Gasteiger charge is 2.24. The first-order chi connectivity index (χ1) is 5.67. The number of rotatable bonds is 5. The van der Waals surface area contributed by atoms with Gasteiger partial charge in [-0.25, -0.2) is 0 Å². The maximum atomic E-state index is 11.0. The van der Waals surface area contributed by atoms with Crippen molar-refractivity contribution in [3.8, 4) is 0 Å². The summed E-state index contributed by atoms with van der Waals surface area (Å²) in [5.74, 6) is -0.395. The normalized spacial score (nSPS) is 14.9. The standard InChI is InChI=1S/C8H12Cl2O2/c1-3-6(5-9)7(10)8(11)12-4-2/h3,6-7H,1,4-5H2,2H3. The van der Waals surface area contributed by atoms with E-state index in [0.717, 1.165) is 0 Å². The van der Waals surface area contributed by atoms with Gasteiger partial charge in [-0.05, 0) is 6.92 Å². The zero-order chi connectivity index (χ0) is 9.56. The highest BCUT2D eigenvalue weighted by Crippen LogP contribution is 2.15. The number of ether oxygens (including phenoxy) is 1. The van der Waals surface area contributed by atoms with Gasteiger partial charge in [0.1, 0.15) is 5.38 Å². The Hall–Kier alpha value is -0.210. The molecule has 2 unspecified atom stereocenters. The molecular formula is C8H12Cl2O2. The van der Waals surface area contributed by atoms with E-state index in [2.05, 4.69) is 6.58 Å². The molecule has 0 radical (unpaired) electrons. The molecule has 0 heterocycles. The molecule has 0 aliphatic rings. The van der Waals surface area contributed by atoms with Crippen molar-refractivity contribution < 1.29 is 9.53 Å². The zero-order valence-electron chi connectivity index (χ0n) is 6.93. The number of alkyl halides is 2. The van der Waals surface area contributed by atoms with Gasteiger partial charge in [-0.15, -0.1) is 29.8 Å². The Morgan fingerprint density at radius 1 is 1.75 bits per heavy atom. The molecule has 0 aromatic carbocycles. The van der Waals surface area contributed by atoms with Crippen molar-refractivity contribution in [3.63, 3.8) is 0 Å². The van der Waals surface area contributed by atoms with Crippen LogP contribution in [0.3, 0.4) is 0 Å². The van der Waals surface area contributed by atoms with Crippen LogP contribution in [0.25, 0.3) is 0 Å². The van der Waals surface area contributed by atoms with Crippen LogP contribution < -0.4 is 0 Å². The van der Waals surface area contributed by atoms with E-state index in [4.69, 9.17) is 27.9 Å². The minimum absolute atomic E-state index is 0.229. The Kier molecular flexibility index (Phi) is 6.21. The number of hydrogen-bond donors (Lipinski definition) is 0. The van der Waals surface area contributed by atoms with E-state index in [9.17, 15) is 4.79 Å². The number of carbonyl (C=O) groups excluding carboxylic acids is 1. The van der Waals surface area contributed by atoms with Crippen LogP contribution >= 0.6 is 23.2 Å². The van der Waals surface area contributed by atoms with Gasteiger partial charge in [-0.2, -0.15) is 0 Å². The molecule has 0 bridgehead atoms. The lowest BCUT2D eigenvalue weighted by molar-refractivity contribution is -0.143. The third kappa shape index (κ3) is 3.46. The lowest BCUT2D eigenvalue weighted by atomic mass is 10.1. The third-order valence-corrected chi connectivity index (χ3v) is 2.23. The summed E-state index contributed by atoms with van der Waals surface area (Å²) in [6.45, 7) is 5.57. The van der Waals surface area contributed by atoms with Crippen LogP contribution in [0.4, 0.5) is 0 Å². The Morgan fingerprint density at radius 3 is 2.67 bits per heavy atom. The first kappa shape index (κ1) is 11.8. The summed E-state index contributed by atoms with van der Waals surface area (Å²) in [6.07, 6.45) is 1.56. The molecule has 0 amide bonds. The van der Waals surface area contributed by atoms with Gasteiger partial charge in [0.2, 0.25) is 0 Å². The molecule has 70 valence electrons. The molecule has 0 aromatic heterocycles. The van der Waals surface area contributed by atoms with Crippen molar-refractivity contribution in [2.24, 2.45) is 5.92 Å². The molecule has 0 spiro atoms.